The summed E-state index contributed by atoms with van der Waals surface area (Å²) in [6, 6.07) is 6.64. The van der Waals surface area contributed by atoms with Crippen molar-refractivity contribution in [1.29, 1.82) is 0 Å². The summed E-state index contributed by atoms with van der Waals surface area (Å²) in [7, 11) is 0. The highest BCUT2D eigenvalue weighted by Crippen LogP contribution is 2.14. The maximum atomic E-state index is 11.7. The fourth-order valence-corrected chi connectivity index (χ4v) is 2.16. The van der Waals surface area contributed by atoms with Crippen molar-refractivity contribution < 1.29 is 9.72 Å². The van der Waals surface area contributed by atoms with Gasteiger partial charge in [0.1, 0.15) is 0 Å². The average Bonchev–Trinajstić information content (AvgIpc) is 2.89. The minimum absolute atomic E-state index is 0. The fourth-order valence-electron chi connectivity index (χ4n) is 2.16. The number of halogens is 1. The third-order valence-electron chi connectivity index (χ3n) is 3.19. The van der Waals surface area contributed by atoms with E-state index < -0.39 is 4.92 Å². The molecule has 0 aromatic heterocycles. The van der Waals surface area contributed by atoms with E-state index in [1.165, 1.54) is 12.1 Å². The second-order valence-corrected chi connectivity index (χ2v) is 4.68. The molecule has 1 amide bonds. The zero-order chi connectivity index (χ0) is 13.7. The van der Waals surface area contributed by atoms with E-state index in [4.69, 9.17) is 0 Å². The topological polar surface area (TPSA) is 84.3 Å². The number of nitro groups is 1. The molecule has 0 aliphatic carbocycles. The summed E-state index contributed by atoms with van der Waals surface area (Å²) in [6.07, 6.45) is 1.84. The van der Waals surface area contributed by atoms with Crippen LogP contribution < -0.4 is 10.6 Å². The molecule has 0 radical (unpaired) electrons. The van der Waals surface area contributed by atoms with E-state index in [0.29, 0.717) is 12.8 Å². The number of carbonyl (C=O) groups is 1. The number of amides is 1. The van der Waals surface area contributed by atoms with E-state index >= 15 is 0 Å². The van der Waals surface area contributed by atoms with Gasteiger partial charge in [-0.3, -0.25) is 14.9 Å². The molecule has 0 spiro atoms. The van der Waals surface area contributed by atoms with Crippen molar-refractivity contribution >= 4 is 24.0 Å². The van der Waals surface area contributed by atoms with E-state index in [0.717, 1.165) is 25.1 Å². The molecule has 1 unspecified atom stereocenters. The Bertz CT molecular complexity index is 476. The van der Waals surface area contributed by atoms with Crippen LogP contribution in [-0.2, 0) is 11.2 Å². The van der Waals surface area contributed by atoms with Crippen molar-refractivity contribution in [2.75, 3.05) is 13.1 Å². The minimum atomic E-state index is -0.423. The number of non-ortho nitro benzene ring substituents is 1. The summed E-state index contributed by atoms with van der Waals surface area (Å²) in [6.45, 7) is 1.76. The number of nitrogens with one attached hydrogen (secondary N) is 2. The highest BCUT2D eigenvalue weighted by Gasteiger charge is 2.16. The van der Waals surface area contributed by atoms with Crippen LogP contribution in [0.25, 0.3) is 0 Å². The van der Waals surface area contributed by atoms with Crippen molar-refractivity contribution in [3.8, 4) is 0 Å². The van der Waals surface area contributed by atoms with Crippen LogP contribution in [0, 0.1) is 10.1 Å². The Morgan fingerprint density at radius 3 is 2.95 bits per heavy atom. The number of benzene rings is 1. The molecule has 1 atom stereocenters. The molecule has 110 valence electrons. The van der Waals surface area contributed by atoms with Gasteiger partial charge < -0.3 is 10.6 Å². The van der Waals surface area contributed by atoms with Gasteiger partial charge in [0.25, 0.3) is 5.69 Å². The molecule has 1 fully saturated rings. The van der Waals surface area contributed by atoms with Gasteiger partial charge in [-0.05, 0) is 24.9 Å². The maximum absolute atomic E-state index is 11.7. The lowest BCUT2D eigenvalue weighted by Crippen LogP contribution is -2.36. The maximum Gasteiger partial charge on any atom is 0.269 e. The van der Waals surface area contributed by atoms with Gasteiger partial charge in [-0.15, -0.1) is 12.4 Å². The smallest absolute Gasteiger partial charge is 0.269 e. The summed E-state index contributed by atoms with van der Waals surface area (Å²) in [5, 5.41) is 16.8. The molecule has 7 heteroatoms. The molecule has 1 heterocycles. The molecule has 1 saturated heterocycles. The minimum Gasteiger partial charge on any atom is -0.352 e. The van der Waals surface area contributed by atoms with Gasteiger partial charge in [-0.1, -0.05) is 12.1 Å². The molecule has 1 aromatic rings. The van der Waals surface area contributed by atoms with Crippen molar-refractivity contribution in [1.82, 2.24) is 10.6 Å². The predicted octanol–water partition coefficient (Wildman–Crippen LogP) is 1.43. The summed E-state index contributed by atoms with van der Waals surface area (Å²) < 4.78 is 0. The standard InChI is InChI=1S/C13H17N3O3.ClH/c17-13(15-11-6-7-14-9-11)5-4-10-2-1-3-12(8-10)16(18)19;/h1-3,8,11,14H,4-7,9H2,(H,15,17);1H. The lowest BCUT2D eigenvalue weighted by molar-refractivity contribution is -0.384. The molecule has 1 aliphatic heterocycles. The van der Waals surface area contributed by atoms with Gasteiger partial charge in [-0.25, -0.2) is 0 Å². The monoisotopic (exact) mass is 299 g/mol. The SMILES string of the molecule is Cl.O=C(CCc1cccc([N+](=O)[O-])c1)NC1CCNC1. The highest BCUT2D eigenvalue weighted by molar-refractivity contribution is 5.85. The summed E-state index contributed by atoms with van der Waals surface area (Å²) >= 11 is 0. The van der Waals surface area contributed by atoms with Crippen LogP contribution in [0.5, 0.6) is 0 Å². The molecule has 20 heavy (non-hydrogen) atoms. The first-order chi connectivity index (χ1) is 9.15. The van der Waals surface area contributed by atoms with Crippen LogP contribution in [0.3, 0.4) is 0 Å². The first-order valence-corrected chi connectivity index (χ1v) is 6.38. The van der Waals surface area contributed by atoms with E-state index in [1.54, 1.807) is 12.1 Å². The lowest BCUT2D eigenvalue weighted by atomic mass is 10.1. The molecule has 2 rings (SSSR count). The van der Waals surface area contributed by atoms with Gasteiger partial charge in [-0.2, -0.15) is 0 Å². The zero-order valence-corrected chi connectivity index (χ0v) is 11.8. The van der Waals surface area contributed by atoms with Crippen LogP contribution >= 0.6 is 12.4 Å². The van der Waals surface area contributed by atoms with E-state index in [1.807, 2.05) is 0 Å². The van der Waals surface area contributed by atoms with Crippen LogP contribution in [0.4, 0.5) is 5.69 Å². The molecule has 0 bridgehead atoms. The number of carbonyl (C=O) groups excluding carboxylic acids is 1. The lowest BCUT2D eigenvalue weighted by Gasteiger charge is -2.10. The van der Waals surface area contributed by atoms with Crippen LogP contribution in [-0.4, -0.2) is 30.0 Å². The van der Waals surface area contributed by atoms with Gasteiger partial charge >= 0.3 is 0 Å². The van der Waals surface area contributed by atoms with Crippen molar-refractivity contribution in [3.63, 3.8) is 0 Å². The normalized spacial score (nSPS) is 17.3. The molecule has 1 aromatic carbocycles. The third kappa shape index (κ3) is 4.79. The van der Waals surface area contributed by atoms with Gasteiger partial charge in [0, 0.05) is 31.1 Å². The van der Waals surface area contributed by atoms with Crippen molar-refractivity contribution in [3.05, 3.63) is 39.9 Å². The second kappa shape index (κ2) is 7.81. The van der Waals surface area contributed by atoms with Crippen LogP contribution in [0.1, 0.15) is 18.4 Å². The van der Waals surface area contributed by atoms with Gasteiger partial charge in [0.15, 0.2) is 0 Å². The summed E-state index contributed by atoms with van der Waals surface area (Å²) in [4.78, 5) is 21.9. The number of aryl methyl sites for hydroxylation is 1. The second-order valence-electron chi connectivity index (χ2n) is 4.68. The average molecular weight is 300 g/mol. The number of hydrogen-bond donors (Lipinski definition) is 2. The zero-order valence-electron chi connectivity index (χ0n) is 11.0. The first kappa shape index (κ1) is 16.4. The van der Waals surface area contributed by atoms with Crippen LogP contribution in [0.15, 0.2) is 24.3 Å². The Balaban J connectivity index is 0.00000200. The molecule has 6 nitrogen and oxygen atoms in total. The molecular formula is C13H18ClN3O3. The van der Waals surface area contributed by atoms with Gasteiger partial charge in [0.05, 0.1) is 4.92 Å². The molecule has 1 aliphatic rings. The largest absolute Gasteiger partial charge is 0.352 e. The third-order valence-corrected chi connectivity index (χ3v) is 3.19. The fraction of sp³-hybridized carbons (Fsp3) is 0.462. The van der Waals surface area contributed by atoms with Crippen LogP contribution in [0.2, 0.25) is 0 Å². The van der Waals surface area contributed by atoms with E-state index in [-0.39, 0.29) is 30.0 Å². The Morgan fingerprint density at radius 1 is 1.50 bits per heavy atom. The number of nitro benzene ring substituents is 1. The van der Waals surface area contributed by atoms with Gasteiger partial charge in [0.2, 0.25) is 5.91 Å². The molecule has 2 N–H and O–H groups in total. The summed E-state index contributed by atoms with van der Waals surface area (Å²) in [5.41, 5.74) is 0.881. The number of hydrogen-bond acceptors (Lipinski definition) is 4. The Morgan fingerprint density at radius 2 is 2.30 bits per heavy atom. The number of rotatable bonds is 5. The van der Waals surface area contributed by atoms with E-state index in [9.17, 15) is 14.9 Å². The Hall–Kier alpha value is -1.66. The Kier molecular flexibility index (Phi) is 6.41. The summed E-state index contributed by atoms with van der Waals surface area (Å²) in [5.74, 6) is 0.000191. The van der Waals surface area contributed by atoms with E-state index in [2.05, 4.69) is 10.6 Å². The van der Waals surface area contributed by atoms with Crippen molar-refractivity contribution in [2.24, 2.45) is 0 Å². The quantitative estimate of drug-likeness (QED) is 0.636. The molecular weight excluding hydrogens is 282 g/mol. The first-order valence-electron chi connectivity index (χ1n) is 6.38. The predicted molar refractivity (Wildman–Crippen MR) is 78.1 cm³/mol. The number of nitrogens with zero attached hydrogens (tertiary/aromatic N) is 1. The highest BCUT2D eigenvalue weighted by atomic mass is 35.5. The molecule has 0 saturated carbocycles. The van der Waals surface area contributed by atoms with Crippen molar-refractivity contribution in [2.45, 2.75) is 25.3 Å². The Labute approximate surface area is 123 Å².